The first kappa shape index (κ1) is 24.6. The number of thiophene rings is 1. The molecule has 7 aromatic carbocycles. The van der Waals surface area contributed by atoms with Gasteiger partial charge in [0.25, 0.3) is 0 Å². The largest absolute Gasteiger partial charge is 0.310 e. The Morgan fingerprint density at radius 3 is 1.90 bits per heavy atom. The molecule has 8 rings (SSSR count). The second-order valence-electron chi connectivity index (χ2n) is 10.6. The van der Waals surface area contributed by atoms with Crippen molar-refractivity contribution in [2.45, 2.75) is 0 Å². The number of para-hydroxylation sites is 1. The second-order valence-corrected chi connectivity index (χ2v) is 11.7. The molecule has 1 aromatic heterocycles. The van der Waals surface area contributed by atoms with Gasteiger partial charge in [-0.25, -0.2) is 0 Å². The fraction of sp³-hybridized carbons (Fsp3) is 0. The number of fused-ring (bicyclic) bond motifs is 4. The Bertz CT molecular complexity index is 2190. The van der Waals surface area contributed by atoms with E-state index in [9.17, 15) is 0 Å². The molecule has 0 N–H and O–H groups in total. The van der Waals surface area contributed by atoms with E-state index in [1.165, 1.54) is 53.2 Å². The van der Waals surface area contributed by atoms with Crippen LogP contribution in [0.2, 0.25) is 0 Å². The zero-order valence-electron chi connectivity index (χ0n) is 22.9. The van der Waals surface area contributed by atoms with Gasteiger partial charge in [-0.05, 0) is 87.6 Å². The maximum atomic E-state index is 2.34. The number of nitrogens with zero attached hydrogens (tertiary/aromatic N) is 1. The van der Waals surface area contributed by atoms with E-state index in [-0.39, 0.29) is 0 Å². The molecule has 0 saturated carbocycles. The number of hydrogen-bond acceptors (Lipinski definition) is 2. The molecular formula is C40H27NS. The van der Waals surface area contributed by atoms with E-state index in [1.54, 1.807) is 0 Å². The van der Waals surface area contributed by atoms with Crippen molar-refractivity contribution in [3.05, 3.63) is 164 Å². The standard InChI is InChI=1S/C40H27NS/c1-2-13-33(14-3-1)41(35-15-8-12-31(27-35)32-21-20-28-10-4-5-11-30(28)26-32)34-24-22-29(23-25-34)36-17-9-19-39-40(36)37-16-6-7-18-38(37)42-39/h1-27H. The van der Waals surface area contributed by atoms with Crippen LogP contribution in [0, 0.1) is 0 Å². The van der Waals surface area contributed by atoms with Crippen LogP contribution in [0.15, 0.2) is 164 Å². The molecule has 0 aliphatic rings. The predicted molar refractivity (Wildman–Crippen MR) is 182 cm³/mol. The van der Waals surface area contributed by atoms with Crippen molar-refractivity contribution in [1.29, 1.82) is 0 Å². The van der Waals surface area contributed by atoms with Crippen LogP contribution in [0.5, 0.6) is 0 Å². The summed E-state index contributed by atoms with van der Waals surface area (Å²) in [6, 6.07) is 59.1. The van der Waals surface area contributed by atoms with Gasteiger partial charge in [-0.15, -0.1) is 11.3 Å². The van der Waals surface area contributed by atoms with Gasteiger partial charge in [-0.1, -0.05) is 109 Å². The van der Waals surface area contributed by atoms with Gasteiger partial charge >= 0.3 is 0 Å². The quantitative estimate of drug-likeness (QED) is 0.205. The summed E-state index contributed by atoms with van der Waals surface area (Å²) in [5, 5.41) is 5.18. The van der Waals surface area contributed by atoms with Crippen LogP contribution >= 0.6 is 11.3 Å². The molecule has 0 aliphatic carbocycles. The lowest BCUT2D eigenvalue weighted by Gasteiger charge is -2.26. The third-order valence-electron chi connectivity index (χ3n) is 8.04. The minimum atomic E-state index is 1.13. The van der Waals surface area contributed by atoms with E-state index >= 15 is 0 Å². The van der Waals surface area contributed by atoms with Crippen molar-refractivity contribution >= 4 is 59.3 Å². The van der Waals surface area contributed by atoms with Crippen molar-refractivity contribution in [1.82, 2.24) is 0 Å². The molecule has 0 saturated heterocycles. The molecule has 198 valence electrons. The fourth-order valence-electron chi connectivity index (χ4n) is 6.02. The van der Waals surface area contributed by atoms with Crippen molar-refractivity contribution in [2.24, 2.45) is 0 Å². The summed E-state index contributed by atoms with van der Waals surface area (Å²) < 4.78 is 2.66. The summed E-state index contributed by atoms with van der Waals surface area (Å²) in [6.45, 7) is 0. The predicted octanol–water partition coefficient (Wildman–Crippen LogP) is 12.0. The zero-order valence-corrected chi connectivity index (χ0v) is 23.8. The van der Waals surface area contributed by atoms with Crippen LogP contribution < -0.4 is 4.90 Å². The highest BCUT2D eigenvalue weighted by Gasteiger charge is 2.15. The molecule has 0 bridgehead atoms. The van der Waals surface area contributed by atoms with Crippen LogP contribution in [0.1, 0.15) is 0 Å². The molecule has 1 nitrogen and oxygen atoms in total. The molecule has 0 spiro atoms. The van der Waals surface area contributed by atoms with Crippen LogP contribution in [0.25, 0.3) is 53.2 Å². The highest BCUT2D eigenvalue weighted by atomic mass is 32.1. The van der Waals surface area contributed by atoms with Crippen molar-refractivity contribution < 1.29 is 0 Å². The summed E-state index contributed by atoms with van der Waals surface area (Å²) in [4.78, 5) is 2.34. The van der Waals surface area contributed by atoms with Crippen LogP contribution in [0.4, 0.5) is 17.1 Å². The van der Waals surface area contributed by atoms with E-state index in [4.69, 9.17) is 0 Å². The van der Waals surface area contributed by atoms with E-state index in [1.807, 2.05) is 11.3 Å². The van der Waals surface area contributed by atoms with Gasteiger partial charge in [0.1, 0.15) is 0 Å². The van der Waals surface area contributed by atoms with Crippen LogP contribution in [-0.4, -0.2) is 0 Å². The van der Waals surface area contributed by atoms with Crippen molar-refractivity contribution in [3.63, 3.8) is 0 Å². The van der Waals surface area contributed by atoms with Gasteiger partial charge in [0.15, 0.2) is 0 Å². The van der Waals surface area contributed by atoms with E-state index in [0.717, 1.165) is 17.1 Å². The molecule has 0 radical (unpaired) electrons. The summed E-state index contributed by atoms with van der Waals surface area (Å²) >= 11 is 1.86. The van der Waals surface area contributed by atoms with Gasteiger partial charge in [-0.2, -0.15) is 0 Å². The maximum absolute atomic E-state index is 2.34. The second kappa shape index (κ2) is 10.3. The summed E-state index contributed by atoms with van der Waals surface area (Å²) in [7, 11) is 0. The molecule has 0 fully saturated rings. The average Bonchev–Trinajstić information content (AvgIpc) is 3.45. The number of benzene rings is 7. The smallest absolute Gasteiger partial charge is 0.0467 e. The van der Waals surface area contributed by atoms with E-state index in [0.29, 0.717) is 0 Å². The highest BCUT2D eigenvalue weighted by molar-refractivity contribution is 7.25. The Morgan fingerprint density at radius 1 is 0.381 bits per heavy atom. The van der Waals surface area contributed by atoms with Crippen molar-refractivity contribution in [2.75, 3.05) is 4.90 Å². The van der Waals surface area contributed by atoms with Crippen molar-refractivity contribution in [3.8, 4) is 22.3 Å². The first-order chi connectivity index (χ1) is 20.8. The van der Waals surface area contributed by atoms with Gasteiger partial charge in [0.05, 0.1) is 0 Å². The fourth-order valence-corrected chi connectivity index (χ4v) is 7.16. The van der Waals surface area contributed by atoms with E-state index in [2.05, 4.69) is 169 Å². The zero-order chi connectivity index (χ0) is 27.9. The molecule has 0 amide bonds. The lowest BCUT2D eigenvalue weighted by molar-refractivity contribution is 1.28. The minimum absolute atomic E-state index is 1.13. The topological polar surface area (TPSA) is 3.24 Å². The molecule has 8 aromatic rings. The Morgan fingerprint density at radius 2 is 1.02 bits per heavy atom. The minimum Gasteiger partial charge on any atom is -0.310 e. The Labute approximate surface area is 249 Å². The first-order valence-electron chi connectivity index (χ1n) is 14.3. The third kappa shape index (κ3) is 4.34. The number of rotatable bonds is 5. The first-order valence-corrected chi connectivity index (χ1v) is 15.1. The maximum Gasteiger partial charge on any atom is 0.0467 e. The molecule has 42 heavy (non-hydrogen) atoms. The van der Waals surface area contributed by atoms with Crippen LogP contribution in [0.3, 0.4) is 0 Å². The molecule has 2 heteroatoms. The molecule has 0 atom stereocenters. The lowest BCUT2D eigenvalue weighted by Crippen LogP contribution is -2.09. The normalized spacial score (nSPS) is 11.3. The van der Waals surface area contributed by atoms with Gasteiger partial charge in [0.2, 0.25) is 0 Å². The molecular weight excluding hydrogens is 527 g/mol. The Balaban J connectivity index is 1.22. The van der Waals surface area contributed by atoms with Crippen LogP contribution in [-0.2, 0) is 0 Å². The van der Waals surface area contributed by atoms with Gasteiger partial charge in [0, 0.05) is 37.2 Å². The molecule has 0 unspecified atom stereocenters. The summed E-state index contributed by atoms with van der Waals surface area (Å²) in [5.41, 5.74) is 8.31. The molecule has 0 aliphatic heterocycles. The van der Waals surface area contributed by atoms with Gasteiger partial charge < -0.3 is 4.90 Å². The monoisotopic (exact) mass is 553 g/mol. The number of anilines is 3. The summed E-state index contributed by atoms with van der Waals surface area (Å²) in [6.07, 6.45) is 0. The Hall–Kier alpha value is -5.18. The number of hydrogen-bond donors (Lipinski definition) is 0. The lowest BCUT2D eigenvalue weighted by atomic mass is 9.98. The van der Waals surface area contributed by atoms with E-state index < -0.39 is 0 Å². The van der Waals surface area contributed by atoms with Gasteiger partial charge in [-0.3, -0.25) is 0 Å². The third-order valence-corrected chi connectivity index (χ3v) is 9.18. The Kier molecular flexibility index (Phi) is 6.05. The SMILES string of the molecule is c1ccc(N(c2ccc(-c3cccc4sc5ccccc5c34)cc2)c2cccc(-c3ccc4ccccc4c3)c2)cc1. The highest BCUT2D eigenvalue weighted by Crippen LogP contribution is 2.42. The summed E-state index contributed by atoms with van der Waals surface area (Å²) in [5.74, 6) is 0. The molecule has 1 heterocycles. The average molecular weight is 554 g/mol.